The van der Waals surface area contributed by atoms with Gasteiger partial charge in [-0.3, -0.25) is 24.0 Å². The Labute approximate surface area is 324 Å². The van der Waals surface area contributed by atoms with Crippen LogP contribution in [0.4, 0.5) is 9.18 Å². The van der Waals surface area contributed by atoms with Crippen molar-refractivity contribution in [2.45, 2.75) is 96.5 Å². The van der Waals surface area contributed by atoms with E-state index < -0.39 is 42.3 Å². The second-order valence-corrected chi connectivity index (χ2v) is 16.8. The van der Waals surface area contributed by atoms with E-state index in [0.29, 0.717) is 64.7 Å². The van der Waals surface area contributed by atoms with Crippen molar-refractivity contribution in [1.29, 1.82) is 0 Å². The summed E-state index contributed by atoms with van der Waals surface area (Å²) in [5.74, 6) is -1.70. The van der Waals surface area contributed by atoms with Crippen LogP contribution in [0, 0.1) is 18.8 Å². The number of nitrogens with zero attached hydrogens (tertiary/aromatic N) is 6. The highest BCUT2D eigenvalue weighted by Crippen LogP contribution is 2.34. The number of hydrogen-bond donors (Lipinski definition) is 1. The highest BCUT2D eigenvalue weighted by molar-refractivity contribution is 5.96. The van der Waals surface area contributed by atoms with Gasteiger partial charge >= 0.3 is 6.09 Å². The van der Waals surface area contributed by atoms with Gasteiger partial charge in [0.1, 0.15) is 24.4 Å². The lowest BCUT2D eigenvalue weighted by Gasteiger charge is -2.44. The minimum Gasteiger partial charge on any atom is -0.444 e. The van der Waals surface area contributed by atoms with Gasteiger partial charge in [0, 0.05) is 64.8 Å². The summed E-state index contributed by atoms with van der Waals surface area (Å²) in [6, 6.07) is 12.2. The number of carbonyl (C=O) groups is 4. The van der Waals surface area contributed by atoms with Gasteiger partial charge in [0.05, 0.1) is 17.6 Å². The number of benzene rings is 2. The first-order valence-corrected chi connectivity index (χ1v) is 19.8. The van der Waals surface area contributed by atoms with E-state index in [1.54, 1.807) is 48.5 Å². The van der Waals surface area contributed by atoms with Gasteiger partial charge in [-0.1, -0.05) is 35.9 Å². The molecule has 298 valence electrons. The van der Waals surface area contributed by atoms with Crippen LogP contribution in [0.3, 0.4) is 0 Å². The number of amides is 4. The number of piperidine rings is 2. The molecule has 2 aromatic carbocycles. The Morgan fingerprint density at radius 1 is 0.982 bits per heavy atom. The average molecular weight is 760 g/mol. The molecule has 1 N–H and O–H groups in total. The standard InChI is InChI=1S/C42H58FN7O5/c1-28-9-11-29(12-10-28)22-31-24-36(38(51)44-25-30-13-14-35-32(23-30)26-45-47(35)6)50(27-31)40(53)37-34(8-7-18-49(37)41(54)55-42(2,3)4)39(52)46(5)33-15-19-48(20-16-33)21-17-43/h9-14,23,26,31,33-34,36-37H,7-8,15-22,24-25,27H2,1-6H3,(H,44,51)/t31-,34+,36+,37-/m1/s1. The van der Waals surface area contributed by atoms with E-state index in [4.69, 9.17) is 4.74 Å². The molecule has 0 bridgehead atoms. The van der Waals surface area contributed by atoms with Gasteiger partial charge in [0.25, 0.3) is 0 Å². The number of halogens is 1. The van der Waals surface area contributed by atoms with Gasteiger partial charge in [-0.2, -0.15) is 5.10 Å². The molecule has 0 aliphatic carbocycles. The number of alkyl halides is 1. The number of fused-ring (bicyclic) bond motifs is 1. The van der Waals surface area contributed by atoms with E-state index >= 15 is 4.79 Å². The third-order valence-corrected chi connectivity index (χ3v) is 11.6. The monoisotopic (exact) mass is 759 g/mol. The summed E-state index contributed by atoms with van der Waals surface area (Å²) in [4.78, 5) is 64.6. The first-order valence-electron chi connectivity index (χ1n) is 19.8. The predicted octanol–water partition coefficient (Wildman–Crippen LogP) is 4.87. The lowest BCUT2D eigenvalue weighted by Crippen LogP contribution is -2.62. The summed E-state index contributed by atoms with van der Waals surface area (Å²) in [6.07, 6.45) is 4.63. The molecule has 13 heteroatoms. The van der Waals surface area contributed by atoms with Gasteiger partial charge in [0.15, 0.2) is 0 Å². The summed E-state index contributed by atoms with van der Waals surface area (Å²) in [6.45, 7) is 9.56. The smallest absolute Gasteiger partial charge is 0.410 e. The van der Waals surface area contributed by atoms with Crippen molar-refractivity contribution >= 4 is 34.7 Å². The summed E-state index contributed by atoms with van der Waals surface area (Å²) < 4.78 is 20.7. The average Bonchev–Trinajstić information content (AvgIpc) is 3.76. The van der Waals surface area contributed by atoms with E-state index in [-0.39, 0.29) is 36.9 Å². The molecular weight excluding hydrogens is 702 g/mol. The Bertz CT molecular complexity index is 1830. The van der Waals surface area contributed by atoms with E-state index in [1.165, 1.54) is 4.90 Å². The third-order valence-electron chi connectivity index (χ3n) is 11.6. The maximum atomic E-state index is 15.2. The zero-order valence-electron chi connectivity index (χ0n) is 33.3. The second-order valence-electron chi connectivity index (χ2n) is 16.8. The van der Waals surface area contributed by atoms with Crippen LogP contribution in [0.15, 0.2) is 48.7 Å². The maximum absolute atomic E-state index is 15.2. The van der Waals surface area contributed by atoms with Crippen molar-refractivity contribution in [1.82, 2.24) is 34.7 Å². The zero-order chi connectivity index (χ0) is 39.4. The van der Waals surface area contributed by atoms with Gasteiger partial charge in [0.2, 0.25) is 17.7 Å². The van der Waals surface area contributed by atoms with Crippen LogP contribution >= 0.6 is 0 Å². The molecule has 55 heavy (non-hydrogen) atoms. The van der Waals surface area contributed by atoms with Gasteiger partial charge in [-0.25, -0.2) is 9.18 Å². The molecule has 1 aromatic heterocycles. The van der Waals surface area contributed by atoms with Crippen LogP contribution in [0.25, 0.3) is 10.9 Å². The number of ether oxygens (including phenoxy) is 1. The Morgan fingerprint density at radius 3 is 2.38 bits per heavy atom. The normalized spacial score (nSPS) is 22.5. The Kier molecular flexibility index (Phi) is 12.5. The summed E-state index contributed by atoms with van der Waals surface area (Å²) in [5, 5.41) is 8.39. The van der Waals surface area contributed by atoms with Crippen LogP contribution in [-0.4, -0.2) is 123 Å². The quantitative estimate of drug-likeness (QED) is 0.314. The Hall–Kier alpha value is -4.52. The molecule has 3 aliphatic heterocycles. The molecule has 0 saturated carbocycles. The first kappa shape index (κ1) is 40.2. The Balaban J connectivity index is 1.27. The highest BCUT2D eigenvalue weighted by Gasteiger charge is 2.50. The fourth-order valence-corrected chi connectivity index (χ4v) is 8.60. The van der Waals surface area contributed by atoms with Crippen LogP contribution in [-0.2, 0) is 39.1 Å². The number of aryl methyl sites for hydroxylation is 2. The van der Waals surface area contributed by atoms with Crippen molar-refractivity contribution < 1.29 is 28.3 Å². The Morgan fingerprint density at radius 2 is 1.69 bits per heavy atom. The van der Waals surface area contributed by atoms with Crippen LogP contribution in [0.5, 0.6) is 0 Å². The van der Waals surface area contributed by atoms with Crippen molar-refractivity contribution in [3.63, 3.8) is 0 Å². The van der Waals surface area contributed by atoms with E-state index in [2.05, 4.69) is 39.6 Å². The molecule has 12 nitrogen and oxygen atoms in total. The molecule has 4 atom stereocenters. The molecule has 4 heterocycles. The van der Waals surface area contributed by atoms with Crippen LogP contribution in [0.2, 0.25) is 0 Å². The van der Waals surface area contributed by atoms with Crippen LogP contribution < -0.4 is 5.32 Å². The largest absolute Gasteiger partial charge is 0.444 e. The van der Waals surface area contributed by atoms with Gasteiger partial charge in [-0.05, 0) is 95.4 Å². The topological polar surface area (TPSA) is 120 Å². The molecule has 6 rings (SSSR count). The zero-order valence-corrected chi connectivity index (χ0v) is 33.3. The fraction of sp³-hybridized carbons (Fsp3) is 0.595. The highest BCUT2D eigenvalue weighted by atomic mass is 19.1. The lowest BCUT2D eigenvalue weighted by atomic mass is 9.86. The molecule has 0 unspecified atom stereocenters. The van der Waals surface area contributed by atoms with E-state index in [1.807, 2.05) is 32.2 Å². The molecule has 0 spiro atoms. The van der Waals surface area contributed by atoms with E-state index in [0.717, 1.165) is 27.6 Å². The number of hydrogen-bond acceptors (Lipinski definition) is 7. The van der Waals surface area contributed by atoms with Crippen molar-refractivity contribution in [3.8, 4) is 0 Å². The molecular formula is C42H58FN7O5. The number of likely N-dealkylation sites (tertiary alicyclic amines) is 3. The summed E-state index contributed by atoms with van der Waals surface area (Å²) in [7, 11) is 3.66. The van der Waals surface area contributed by atoms with Crippen molar-refractivity contribution in [2.24, 2.45) is 18.9 Å². The predicted molar refractivity (Wildman–Crippen MR) is 209 cm³/mol. The summed E-state index contributed by atoms with van der Waals surface area (Å²) >= 11 is 0. The molecule has 3 aromatic rings. The molecule has 4 amide bonds. The SMILES string of the molecule is Cc1ccc(C[C@@H]2C[C@@H](C(=O)NCc3ccc4c(cnn4C)c3)N(C(=O)[C@H]3[C@@H](C(=O)N(C)C4CCN(CCF)CC4)CCCN3C(=O)OC(C)(C)C)C2)cc1. The third kappa shape index (κ3) is 9.48. The fourth-order valence-electron chi connectivity index (χ4n) is 8.60. The number of aromatic nitrogens is 2. The number of nitrogens with one attached hydrogen (secondary N) is 1. The van der Waals surface area contributed by atoms with Crippen LogP contribution in [0.1, 0.15) is 69.6 Å². The molecule has 0 radical (unpaired) electrons. The lowest BCUT2D eigenvalue weighted by molar-refractivity contribution is -0.152. The summed E-state index contributed by atoms with van der Waals surface area (Å²) in [5.41, 5.74) is 3.35. The number of carbonyl (C=O) groups excluding carboxylic acids is 4. The first-order chi connectivity index (χ1) is 26.2. The van der Waals surface area contributed by atoms with Gasteiger partial charge in [-0.15, -0.1) is 0 Å². The number of rotatable bonds is 10. The second kappa shape index (κ2) is 17.1. The van der Waals surface area contributed by atoms with E-state index in [9.17, 15) is 18.8 Å². The minimum atomic E-state index is -1.13. The molecule has 3 saturated heterocycles. The maximum Gasteiger partial charge on any atom is 0.410 e. The van der Waals surface area contributed by atoms with Crippen molar-refractivity contribution in [2.75, 3.05) is 46.4 Å². The minimum absolute atomic E-state index is 0.0148. The molecule has 3 aliphatic rings. The molecule has 3 fully saturated rings. The van der Waals surface area contributed by atoms with Crippen molar-refractivity contribution in [3.05, 3.63) is 65.4 Å². The van der Waals surface area contributed by atoms with Gasteiger partial charge < -0.3 is 24.8 Å².